The van der Waals surface area contributed by atoms with Crippen LogP contribution in [-0.4, -0.2) is 42.0 Å². The van der Waals surface area contributed by atoms with Crippen molar-refractivity contribution in [3.05, 3.63) is 0 Å². The molecule has 1 saturated heterocycles. The largest absolute Gasteiger partial charge is 0.350 e. The number of rotatable bonds is 2. The zero-order valence-electron chi connectivity index (χ0n) is 10.3. The Labute approximate surface area is 96.6 Å². The van der Waals surface area contributed by atoms with Gasteiger partial charge in [-0.15, -0.1) is 0 Å². The molecule has 0 radical (unpaired) electrons. The number of hydrogen-bond acceptors (Lipinski definition) is 2. The van der Waals surface area contributed by atoms with Gasteiger partial charge in [-0.2, -0.15) is 0 Å². The maximum atomic E-state index is 11.6. The minimum Gasteiger partial charge on any atom is -0.350 e. The normalized spacial score (nSPS) is 16.1. The topological polar surface area (TPSA) is 61.4 Å². The van der Waals surface area contributed by atoms with Crippen molar-refractivity contribution >= 4 is 11.9 Å². The lowest BCUT2D eigenvalue weighted by Gasteiger charge is -2.21. The molecule has 0 atom stereocenters. The molecule has 1 fully saturated rings. The molecule has 5 nitrogen and oxygen atoms in total. The van der Waals surface area contributed by atoms with Crippen molar-refractivity contribution in [3.63, 3.8) is 0 Å². The lowest BCUT2D eigenvalue weighted by Crippen LogP contribution is -2.48. The van der Waals surface area contributed by atoms with E-state index in [9.17, 15) is 9.59 Å². The van der Waals surface area contributed by atoms with Gasteiger partial charge in [0.15, 0.2) is 0 Å². The maximum absolute atomic E-state index is 11.6. The van der Waals surface area contributed by atoms with E-state index in [4.69, 9.17) is 0 Å². The Morgan fingerprint density at radius 1 is 1.19 bits per heavy atom. The van der Waals surface area contributed by atoms with Crippen molar-refractivity contribution in [1.82, 2.24) is 15.5 Å². The fraction of sp³-hybridized carbons (Fsp3) is 0.818. The predicted molar refractivity (Wildman–Crippen MR) is 62.1 cm³/mol. The minimum atomic E-state index is -0.255. The molecule has 0 aromatic rings. The molecular formula is C11H21N3O2. The van der Waals surface area contributed by atoms with Gasteiger partial charge in [-0.25, -0.2) is 4.79 Å². The van der Waals surface area contributed by atoms with Crippen molar-refractivity contribution in [2.75, 3.05) is 19.6 Å². The van der Waals surface area contributed by atoms with Crippen molar-refractivity contribution in [1.29, 1.82) is 0 Å². The highest BCUT2D eigenvalue weighted by atomic mass is 16.2. The first-order chi connectivity index (χ1) is 7.38. The molecule has 0 unspecified atom stereocenters. The second-order valence-electron chi connectivity index (χ2n) is 5.15. The van der Waals surface area contributed by atoms with Crippen molar-refractivity contribution in [2.24, 2.45) is 0 Å². The molecule has 1 heterocycles. The van der Waals surface area contributed by atoms with E-state index in [1.807, 2.05) is 20.8 Å². The van der Waals surface area contributed by atoms with E-state index >= 15 is 0 Å². The Hall–Kier alpha value is -1.26. The number of hydrogen-bond donors (Lipinski definition) is 2. The average Bonchev–Trinajstić information content (AvgIpc) is 2.64. The predicted octanol–water partition coefficient (Wildman–Crippen LogP) is 0.706. The van der Waals surface area contributed by atoms with E-state index in [0.29, 0.717) is 0 Å². The first kappa shape index (κ1) is 12.8. The number of urea groups is 1. The fourth-order valence-corrected chi connectivity index (χ4v) is 1.65. The lowest BCUT2D eigenvalue weighted by molar-refractivity contribution is -0.121. The molecule has 0 aromatic heterocycles. The van der Waals surface area contributed by atoms with Crippen LogP contribution in [0.4, 0.5) is 4.79 Å². The molecule has 0 saturated carbocycles. The smallest absolute Gasteiger partial charge is 0.317 e. The summed E-state index contributed by atoms with van der Waals surface area (Å²) >= 11 is 0. The van der Waals surface area contributed by atoms with Gasteiger partial charge >= 0.3 is 6.03 Å². The molecule has 1 rings (SSSR count). The first-order valence-electron chi connectivity index (χ1n) is 5.72. The molecule has 16 heavy (non-hydrogen) atoms. The highest BCUT2D eigenvalue weighted by Crippen LogP contribution is 2.06. The molecule has 1 aliphatic heterocycles. The van der Waals surface area contributed by atoms with Gasteiger partial charge in [0.25, 0.3) is 0 Å². The third kappa shape index (κ3) is 4.51. The SMILES string of the molecule is CC(C)(C)NC(=O)CNC(=O)N1CCCC1. The molecule has 0 aliphatic carbocycles. The van der Waals surface area contributed by atoms with Crippen LogP contribution in [0, 0.1) is 0 Å². The number of likely N-dealkylation sites (tertiary alicyclic amines) is 1. The van der Waals surface area contributed by atoms with Crippen molar-refractivity contribution in [3.8, 4) is 0 Å². The van der Waals surface area contributed by atoms with Gasteiger partial charge < -0.3 is 15.5 Å². The Kier molecular flexibility index (Phi) is 4.15. The Balaban J connectivity index is 2.23. The molecule has 5 heteroatoms. The summed E-state index contributed by atoms with van der Waals surface area (Å²) in [5.74, 6) is -0.153. The van der Waals surface area contributed by atoms with Gasteiger partial charge in [0.2, 0.25) is 5.91 Å². The molecule has 0 spiro atoms. The second-order valence-corrected chi connectivity index (χ2v) is 5.15. The van der Waals surface area contributed by atoms with E-state index in [-0.39, 0.29) is 24.0 Å². The minimum absolute atomic E-state index is 0.0482. The third-order valence-electron chi connectivity index (χ3n) is 2.31. The lowest BCUT2D eigenvalue weighted by atomic mass is 10.1. The highest BCUT2D eigenvalue weighted by Gasteiger charge is 2.19. The van der Waals surface area contributed by atoms with Crippen LogP contribution >= 0.6 is 0 Å². The molecule has 2 N–H and O–H groups in total. The van der Waals surface area contributed by atoms with E-state index in [1.54, 1.807) is 4.90 Å². The van der Waals surface area contributed by atoms with Crippen LogP contribution in [0.5, 0.6) is 0 Å². The van der Waals surface area contributed by atoms with Crippen LogP contribution in [-0.2, 0) is 4.79 Å². The number of carbonyl (C=O) groups is 2. The zero-order valence-corrected chi connectivity index (χ0v) is 10.3. The van der Waals surface area contributed by atoms with Crippen molar-refractivity contribution in [2.45, 2.75) is 39.2 Å². The monoisotopic (exact) mass is 227 g/mol. The summed E-state index contributed by atoms with van der Waals surface area (Å²) in [4.78, 5) is 24.7. The number of nitrogens with zero attached hydrogens (tertiary/aromatic N) is 1. The molecule has 0 bridgehead atoms. The molecule has 3 amide bonds. The summed E-state index contributed by atoms with van der Waals surface area (Å²) in [5.41, 5.74) is -0.255. The maximum Gasteiger partial charge on any atom is 0.317 e. The van der Waals surface area contributed by atoms with Crippen LogP contribution in [0.1, 0.15) is 33.6 Å². The average molecular weight is 227 g/mol. The van der Waals surface area contributed by atoms with Crippen molar-refractivity contribution < 1.29 is 9.59 Å². The molecule has 0 aromatic carbocycles. The summed E-state index contributed by atoms with van der Waals surface area (Å²) in [7, 11) is 0. The zero-order chi connectivity index (χ0) is 12.2. The van der Waals surface area contributed by atoms with E-state index in [1.165, 1.54) is 0 Å². The van der Waals surface area contributed by atoms with E-state index in [0.717, 1.165) is 25.9 Å². The summed E-state index contributed by atoms with van der Waals surface area (Å²) in [6, 6.07) is -0.137. The van der Waals surface area contributed by atoms with Crippen LogP contribution in [0.25, 0.3) is 0 Å². The van der Waals surface area contributed by atoms with E-state index < -0.39 is 0 Å². The van der Waals surface area contributed by atoms with Crippen LogP contribution in [0.3, 0.4) is 0 Å². The molecular weight excluding hydrogens is 206 g/mol. The number of nitrogens with one attached hydrogen (secondary N) is 2. The van der Waals surface area contributed by atoms with Gasteiger partial charge in [-0.1, -0.05) is 0 Å². The summed E-state index contributed by atoms with van der Waals surface area (Å²) in [5, 5.41) is 5.41. The summed E-state index contributed by atoms with van der Waals surface area (Å²) in [6.45, 7) is 7.37. The van der Waals surface area contributed by atoms with Crippen LogP contribution in [0.15, 0.2) is 0 Å². The van der Waals surface area contributed by atoms with Gasteiger partial charge in [0.1, 0.15) is 0 Å². The number of amides is 3. The number of carbonyl (C=O) groups excluding carboxylic acids is 2. The van der Waals surface area contributed by atoms with Gasteiger partial charge in [-0.05, 0) is 33.6 Å². The van der Waals surface area contributed by atoms with Gasteiger partial charge in [-0.3, -0.25) is 4.79 Å². The van der Waals surface area contributed by atoms with Gasteiger partial charge in [0, 0.05) is 18.6 Å². The second kappa shape index (κ2) is 5.18. The molecule has 1 aliphatic rings. The van der Waals surface area contributed by atoms with Gasteiger partial charge in [0.05, 0.1) is 6.54 Å². The summed E-state index contributed by atoms with van der Waals surface area (Å²) in [6.07, 6.45) is 2.11. The standard InChI is InChI=1S/C11H21N3O2/c1-11(2,3)13-9(15)8-12-10(16)14-6-4-5-7-14/h4-8H2,1-3H3,(H,12,16)(H,13,15). The first-order valence-corrected chi connectivity index (χ1v) is 5.72. The molecule has 92 valence electrons. The van der Waals surface area contributed by atoms with Crippen LogP contribution in [0.2, 0.25) is 0 Å². The highest BCUT2D eigenvalue weighted by molar-refractivity contribution is 5.84. The Bertz CT molecular complexity index is 265. The summed E-state index contributed by atoms with van der Waals surface area (Å²) < 4.78 is 0. The van der Waals surface area contributed by atoms with E-state index in [2.05, 4.69) is 10.6 Å². The quantitative estimate of drug-likeness (QED) is 0.729. The third-order valence-corrected chi connectivity index (χ3v) is 2.31. The van der Waals surface area contributed by atoms with Crippen LogP contribution < -0.4 is 10.6 Å². The fourth-order valence-electron chi connectivity index (χ4n) is 1.65. The Morgan fingerprint density at radius 2 is 1.75 bits per heavy atom. The Morgan fingerprint density at radius 3 is 2.25 bits per heavy atom.